The Bertz CT molecular complexity index is 999. The van der Waals surface area contributed by atoms with Crippen molar-refractivity contribution in [2.75, 3.05) is 6.61 Å². The normalized spacial score (nSPS) is 19.2. The number of hydrogen-bond acceptors (Lipinski definition) is 2. The van der Waals surface area contributed by atoms with Crippen LogP contribution in [-0.4, -0.2) is 11.7 Å². The average Bonchev–Trinajstić information content (AvgIpc) is 2.57. The van der Waals surface area contributed by atoms with Gasteiger partial charge in [-0.2, -0.15) is 39.5 Å². The maximum Gasteiger partial charge on any atom is 0.416 e. The predicted molar refractivity (Wildman–Crippen MR) is 86.1 cm³/mol. The molecule has 1 heterocycles. The Labute approximate surface area is 167 Å². The van der Waals surface area contributed by atoms with Crippen molar-refractivity contribution in [1.29, 1.82) is 0 Å². The van der Waals surface area contributed by atoms with Crippen LogP contribution >= 0.6 is 0 Å². The predicted octanol–water partition coefficient (Wildman–Crippen LogP) is 6.92. The number of rotatable bonds is 2. The molecule has 3 rings (SSSR count). The molecule has 2 nitrogen and oxygen atoms in total. The highest BCUT2D eigenvalue weighted by molar-refractivity contribution is 5.66. The van der Waals surface area contributed by atoms with Gasteiger partial charge in [0.15, 0.2) is 0 Å². The Kier molecular flexibility index (Phi) is 5.49. The molecule has 0 aromatic heterocycles. The smallest absolute Gasteiger partial charge is 0.416 e. The van der Waals surface area contributed by atoms with Crippen LogP contribution in [0.25, 0.3) is 5.76 Å². The van der Waals surface area contributed by atoms with Crippen molar-refractivity contribution < 1.29 is 53.7 Å². The Morgan fingerprint density at radius 2 is 1.23 bits per heavy atom. The van der Waals surface area contributed by atoms with E-state index in [2.05, 4.69) is 0 Å². The topological polar surface area (TPSA) is 29.5 Å². The van der Waals surface area contributed by atoms with Gasteiger partial charge in [0, 0.05) is 11.1 Å². The molecule has 0 aliphatic carbocycles. The van der Waals surface area contributed by atoms with E-state index < -0.39 is 70.6 Å². The van der Waals surface area contributed by atoms with Crippen molar-refractivity contribution in [3.05, 3.63) is 75.6 Å². The molecule has 0 saturated carbocycles. The molecule has 1 N–H and O–H groups in total. The van der Waals surface area contributed by atoms with Crippen molar-refractivity contribution in [3.63, 3.8) is 0 Å². The molecule has 2 aromatic rings. The van der Waals surface area contributed by atoms with Gasteiger partial charge in [-0.1, -0.05) is 0 Å². The molecule has 2 aromatic carbocycles. The maximum absolute atomic E-state index is 13.6. The van der Waals surface area contributed by atoms with Gasteiger partial charge in [-0.3, -0.25) is 0 Å². The van der Waals surface area contributed by atoms with E-state index in [1.54, 1.807) is 0 Å². The summed E-state index contributed by atoms with van der Waals surface area (Å²) in [4.78, 5) is 0. The van der Waals surface area contributed by atoms with Gasteiger partial charge < -0.3 is 9.84 Å². The number of hydrogen-bond donors (Lipinski definition) is 1. The van der Waals surface area contributed by atoms with Crippen LogP contribution in [0.15, 0.2) is 42.0 Å². The summed E-state index contributed by atoms with van der Waals surface area (Å²) in [5.74, 6) is -2.33. The van der Waals surface area contributed by atoms with Gasteiger partial charge in [-0.15, -0.1) is 0 Å². The first-order chi connectivity index (χ1) is 14.1. The second kappa shape index (κ2) is 7.43. The minimum Gasteiger partial charge on any atom is -0.507 e. The molecule has 31 heavy (non-hydrogen) atoms. The molecule has 1 unspecified atom stereocenters. The van der Waals surface area contributed by atoms with Crippen LogP contribution in [0.1, 0.15) is 33.9 Å². The lowest BCUT2D eigenvalue weighted by Gasteiger charge is -2.32. The third-order valence-corrected chi connectivity index (χ3v) is 4.44. The zero-order valence-electron chi connectivity index (χ0n) is 14.9. The molecule has 1 aliphatic rings. The molecule has 0 spiro atoms. The first kappa shape index (κ1) is 22.9. The zero-order valence-corrected chi connectivity index (χ0v) is 14.9. The summed E-state index contributed by atoms with van der Waals surface area (Å²) in [5.41, 5.74) is -6.33. The van der Waals surface area contributed by atoms with Crippen molar-refractivity contribution in [3.8, 4) is 0 Å². The molecule has 0 amide bonds. The van der Waals surface area contributed by atoms with Gasteiger partial charge >= 0.3 is 18.5 Å². The molecule has 168 valence electrons. The van der Waals surface area contributed by atoms with Crippen molar-refractivity contribution in [1.82, 2.24) is 0 Å². The molecule has 0 radical (unpaired) electrons. The molecule has 1 fully saturated rings. The standard InChI is InChI=1S/C19H10F10O2/c20-13-4-9(3-12(6-13)19(27,28)29)16-14(7-31-16)15(30)8-1-10(17(21,22)23)5-11(2-8)18(24,25)26/h1-6,16,30H,7H2/b15-14-. The molecular formula is C19H10F10O2. The van der Waals surface area contributed by atoms with E-state index in [1.165, 1.54) is 0 Å². The second-order valence-corrected chi connectivity index (χ2v) is 6.63. The van der Waals surface area contributed by atoms with Crippen LogP contribution in [0.2, 0.25) is 0 Å². The molecule has 1 saturated heterocycles. The molecule has 1 aliphatic heterocycles. The number of halogens is 10. The highest BCUT2D eigenvalue weighted by Crippen LogP contribution is 2.43. The van der Waals surface area contributed by atoms with Crippen LogP contribution in [0.3, 0.4) is 0 Å². The fraction of sp³-hybridized carbons (Fsp3) is 0.263. The van der Waals surface area contributed by atoms with Crippen molar-refractivity contribution in [2.45, 2.75) is 24.6 Å². The number of alkyl halides is 9. The summed E-state index contributed by atoms with van der Waals surface area (Å²) in [5, 5.41) is 10.3. The summed E-state index contributed by atoms with van der Waals surface area (Å²) in [6.07, 6.45) is -16.7. The van der Waals surface area contributed by atoms with Crippen LogP contribution in [0.4, 0.5) is 43.9 Å². The van der Waals surface area contributed by atoms with E-state index in [4.69, 9.17) is 4.74 Å². The van der Waals surface area contributed by atoms with Gasteiger partial charge in [0.25, 0.3) is 0 Å². The van der Waals surface area contributed by atoms with Crippen LogP contribution in [-0.2, 0) is 23.3 Å². The van der Waals surface area contributed by atoms with Gasteiger partial charge in [-0.25, -0.2) is 4.39 Å². The number of aliphatic hydroxyl groups excluding tert-OH is 1. The first-order valence-electron chi connectivity index (χ1n) is 8.28. The summed E-state index contributed by atoms with van der Waals surface area (Å²) in [6, 6.07) is 1.75. The quantitative estimate of drug-likeness (QED) is 0.389. The van der Waals surface area contributed by atoms with Crippen LogP contribution < -0.4 is 0 Å². The van der Waals surface area contributed by atoms with E-state index in [-0.39, 0.29) is 29.8 Å². The Hall–Kier alpha value is -2.76. The lowest BCUT2D eigenvalue weighted by atomic mass is 9.92. The molecular weight excluding hydrogens is 450 g/mol. The third kappa shape index (κ3) is 4.78. The third-order valence-electron chi connectivity index (χ3n) is 4.44. The van der Waals surface area contributed by atoms with E-state index >= 15 is 0 Å². The van der Waals surface area contributed by atoms with Gasteiger partial charge in [-0.05, 0) is 42.0 Å². The molecule has 12 heteroatoms. The Balaban J connectivity index is 2.09. The number of benzene rings is 2. The lowest BCUT2D eigenvalue weighted by Crippen LogP contribution is -2.25. The summed E-state index contributed by atoms with van der Waals surface area (Å²) >= 11 is 0. The zero-order chi connectivity index (χ0) is 23.4. The van der Waals surface area contributed by atoms with E-state index in [1.807, 2.05) is 0 Å². The first-order valence-corrected chi connectivity index (χ1v) is 8.28. The summed E-state index contributed by atoms with van der Waals surface area (Å²) in [7, 11) is 0. The second-order valence-electron chi connectivity index (χ2n) is 6.63. The van der Waals surface area contributed by atoms with Crippen LogP contribution in [0, 0.1) is 5.82 Å². The van der Waals surface area contributed by atoms with Crippen molar-refractivity contribution >= 4 is 5.76 Å². The summed E-state index contributed by atoms with van der Waals surface area (Å²) in [6.45, 7) is -0.494. The summed E-state index contributed by atoms with van der Waals surface area (Å²) < 4.78 is 135. The Morgan fingerprint density at radius 3 is 1.65 bits per heavy atom. The fourth-order valence-electron chi connectivity index (χ4n) is 2.94. The minimum absolute atomic E-state index is 0.140. The van der Waals surface area contributed by atoms with Crippen molar-refractivity contribution in [2.24, 2.45) is 0 Å². The monoisotopic (exact) mass is 460 g/mol. The van der Waals surface area contributed by atoms with E-state index in [0.29, 0.717) is 12.1 Å². The number of aliphatic hydroxyl groups is 1. The van der Waals surface area contributed by atoms with E-state index in [9.17, 15) is 49.0 Å². The highest BCUT2D eigenvalue weighted by Gasteiger charge is 2.39. The lowest BCUT2D eigenvalue weighted by molar-refractivity contribution is -0.143. The maximum atomic E-state index is 13.6. The fourth-order valence-corrected chi connectivity index (χ4v) is 2.94. The highest BCUT2D eigenvalue weighted by atomic mass is 19.4. The van der Waals surface area contributed by atoms with Gasteiger partial charge in [0.1, 0.15) is 17.7 Å². The van der Waals surface area contributed by atoms with Crippen LogP contribution in [0.5, 0.6) is 0 Å². The van der Waals surface area contributed by atoms with Gasteiger partial charge in [0.05, 0.1) is 23.3 Å². The minimum atomic E-state index is -5.17. The molecule has 1 atom stereocenters. The average molecular weight is 460 g/mol. The largest absolute Gasteiger partial charge is 0.507 e. The van der Waals surface area contributed by atoms with E-state index in [0.717, 1.165) is 0 Å². The SMILES string of the molecule is O/C(=C1/COC1c1cc(F)cc(C(F)(F)F)c1)c1cc(C(F)(F)F)cc(C(F)(F)F)c1. The number of ether oxygens (including phenoxy) is 1. The Morgan fingerprint density at radius 1 is 0.742 bits per heavy atom. The molecule has 0 bridgehead atoms. The van der Waals surface area contributed by atoms with Gasteiger partial charge in [0.2, 0.25) is 0 Å².